The normalized spacial score (nSPS) is 23.0. The predicted octanol–water partition coefficient (Wildman–Crippen LogP) is 1.80. The fraction of sp³-hybridized carbons (Fsp3) is 0.400. The first-order chi connectivity index (χ1) is 14.1. The highest BCUT2D eigenvalue weighted by Gasteiger charge is 2.35. The Labute approximate surface area is 167 Å². The number of hydrazone groups is 1. The van der Waals surface area contributed by atoms with E-state index in [4.69, 9.17) is 0 Å². The highest BCUT2D eigenvalue weighted by Crippen LogP contribution is 2.35. The van der Waals surface area contributed by atoms with E-state index in [1.165, 1.54) is 11.9 Å². The van der Waals surface area contributed by atoms with Crippen LogP contribution in [-0.4, -0.2) is 56.3 Å². The summed E-state index contributed by atoms with van der Waals surface area (Å²) in [4.78, 5) is 10.9. The Bertz CT molecular complexity index is 990. The van der Waals surface area contributed by atoms with Gasteiger partial charge in [0, 0.05) is 49.5 Å². The summed E-state index contributed by atoms with van der Waals surface area (Å²) in [6.45, 7) is 0.599. The molecule has 4 heterocycles. The zero-order chi connectivity index (χ0) is 19.8. The SMILES string of the molecule is OCC1(F)CCN(c2cc(C3=NNC4=CC=C(c5cn[nH]c5)CC43)ncn2)CC1. The molecule has 3 N–H and O–H groups in total. The van der Waals surface area contributed by atoms with Gasteiger partial charge in [-0.3, -0.25) is 10.5 Å². The summed E-state index contributed by atoms with van der Waals surface area (Å²) in [5, 5.41) is 20.7. The first kappa shape index (κ1) is 18.0. The molecule has 1 unspecified atom stereocenters. The maximum absolute atomic E-state index is 14.3. The summed E-state index contributed by atoms with van der Waals surface area (Å²) in [5.74, 6) is 0.860. The zero-order valence-corrected chi connectivity index (χ0v) is 15.8. The van der Waals surface area contributed by atoms with E-state index >= 15 is 0 Å². The third kappa shape index (κ3) is 3.31. The van der Waals surface area contributed by atoms with Crippen molar-refractivity contribution in [3.05, 3.63) is 53.9 Å². The molecule has 2 aliphatic heterocycles. The van der Waals surface area contributed by atoms with Gasteiger partial charge < -0.3 is 10.0 Å². The van der Waals surface area contributed by atoms with Crippen molar-refractivity contribution in [2.45, 2.75) is 24.9 Å². The van der Waals surface area contributed by atoms with E-state index in [2.05, 4.69) is 42.8 Å². The Morgan fingerprint density at radius 3 is 2.86 bits per heavy atom. The van der Waals surface area contributed by atoms with Gasteiger partial charge >= 0.3 is 0 Å². The van der Waals surface area contributed by atoms with E-state index in [0.29, 0.717) is 25.9 Å². The lowest BCUT2D eigenvalue weighted by atomic mass is 9.85. The van der Waals surface area contributed by atoms with Crippen molar-refractivity contribution in [1.82, 2.24) is 25.6 Å². The van der Waals surface area contributed by atoms with E-state index in [1.54, 1.807) is 0 Å². The molecular formula is C20H22FN7O. The topological polar surface area (TPSA) is 102 Å². The van der Waals surface area contributed by atoms with E-state index in [1.807, 2.05) is 23.4 Å². The van der Waals surface area contributed by atoms with Gasteiger partial charge in [0.1, 0.15) is 17.8 Å². The van der Waals surface area contributed by atoms with E-state index in [-0.39, 0.29) is 5.92 Å². The van der Waals surface area contributed by atoms with Crippen LogP contribution >= 0.6 is 0 Å². The minimum absolute atomic E-state index is 0.0990. The average Bonchev–Trinajstić information content (AvgIpc) is 3.44. The molecule has 1 fully saturated rings. The van der Waals surface area contributed by atoms with Crippen LogP contribution in [0.2, 0.25) is 0 Å². The summed E-state index contributed by atoms with van der Waals surface area (Å²) in [7, 11) is 0. The van der Waals surface area contributed by atoms with Gasteiger partial charge in [-0.1, -0.05) is 6.08 Å². The lowest BCUT2D eigenvalue weighted by Crippen LogP contribution is -2.44. The van der Waals surface area contributed by atoms with Gasteiger partial charge in [0.25, 0.3) is 0 Å². The second-order valence-corrected chi connectivity index (χ2v) is 7.72. The number of aromatic nitrogens is 4. The standard InChI is InChI=1S/C20H22FN7O/c21-20(11-29)3-5-28(6-4-20)18-8-17(22-12-23-18)19-15-7-13(14-9-24-25-10-14)1-2-16(15)26-27-19/h1-2,8-10,12,15,26,29H,3-7,11H2,(H,24,25). The maximum atomic E-state index is 14.3. The average molecular weight is 395 g/mol. The van der Waals surface area contributed by atoms with Crippen molar-refractivity contribution in [3.63, 3.8) is 0 Å². The second-order valence-electron chi connectivity index (χ2n) is 7.72. The van der Waals surface area contributed by atoms with Crippen LogP contribution in [0.15, 0.2) is 47.7 Å². The highest BCUT2D eigenvalue weighted by molar-refractivity contribution is 6.05. The van der Waals surface area contributed by atoms with Gasteiger partial charge in [0.05, 0.1) is 30.1 Å². The quantitative estimate of drug-likeness (QED) is 0.730. The Balaban J connectivity index is 1.35. The van der Waals surface area contributed by atoms with Crippen LogP contribution in [0.1, 0.15) is 30.5 Å². The number of fused-ring (bicyclic) bond motifs is 1. The van der Waals surface area contributed by atoms with E-state index in [9.17, 15) is 9.50 Å². The molecule has 0 saturated carbocycles. The highest BCUT2D eigenvalue weighted by atomic mass is 19.1. The smallest absolute Gasteiger partial charge is 0.137 e. The molecule has 29 heavy (non-hydrogen) atoms. The van der Waals surface area contributed by atoms with E-state index in [0.717, 1.165) is 34.9 Å². The van der Waals surface area contributed by atoms with E-state index < -0.39 is 12.3 Å². The summed E-state index contributed by atoms with van der Waals surface area (Å²) < 4.78 is 14.3. The van der Waals surface area contributed by atoms with Crippen LogP contribution in [-0.2, 0) is 0 Å². The number of aliphatic hydroxyl groups is 1. The molecule has 8 nitrogen and oxygen atoms in total. The van der Waals surface area contributed by atoms with Crippen molar-refractivity contribution >= 4 is 17.1 Å². The van der Waals surface area contributed by atoms with Crippen LogP contribution in [0.3, 0.4) is 0 Å². The molecule has 3 aliphatic rings. The third-order valence-corrected chi connectivity index (χ3v) is 5.95. The molecule has 0 spiro atoms. The van der Waals surface area contributed by atoms with Gasteiger partial charge in [0.2, 0.25) is 0 Å². The molecule has 9 heteroatoms. The van der Waals surface area contributed by atoms with Crippen molar-refractivity contribution in [2.24, 2.45) is 11.0 Å². The summed E-state index contributed by atoms with van der Waals surface area (Å²) >= 11 is 0. The van der Waals surface area contributed by atoms with Crippen LogP contribution in [0, 0.1) is 5.92 Å². The molecule has 2 aromatic rings. The number of aliphatic hydroxyl groups excluding tert-OH is 1. The number of halogens is 1. The largest absolute Gasteiger partial charge is 0.393 e. The lowest BCUT2D eigenvalue weighted by molar-refractivity contribution is 0.0480. The summed E-state index contributed by atoms with van der Waals surface area (Å²) in [6, 6.07) is 1.92. The number of hydrogen-bond donors (Lipinski definition) is 3. The first-order valence-electron chi connectivity index (χ1n) is 9.76. The molecule has 1 aliphatic carbocycles. The molecule has 0 amide bonds. The van der Waals surface area contributed by atoms with Crippen molar-refractivity contribution < 1.29 is 9.50 Å². The number of nitrogens with one attached hydrogen (secondary N) is 2. The van der Waals surface area contributed by atoms with Crippen LogP contribution in [0.4, 0.5) is 10.2 Å². The monoisotopic (exact) mass is 395 g/mol. The summed E-state index contributed by atoms with van der Waals surface area (Å²) in [6.07, 6.45) is 10.8. The zero-order valence-electron chi connectivity index (χ0n) is 15.8. The molecule has 1 atom stereocenters. The molecular weight excluding hydrogens is 373 g/mol. The molecule has 0 radical (unpaired) electrons. The van der Waals surface area contributed by atoms with Crippen molar-refractivity contribution in [1.29, 1.82) is 0 Å². The second kappa shape index (κ2) is 7.07. The molecule has 2 aromatic heterocycles. The van der Waals surface area contributed by atoms with Gasteiger partial charge in [-0.05, 0) is 18.1 Å². The summed E-state index contributed by atoms with van der Waals surface area (Å²) in [5.41, 5.74) is 6.60. The van der Waals surface area contributed by atoms with Crippen LogP contribution in [0.5, 0.6) is 0 Å². The maximum Gasteiger partial charge on any atom is 0.137 e. The number of rotatable bonds is 4. The Morgan fingerprint density at radius 2 is 2.10 bits per heavy atom. The molecule has 0 bridgehead atoms. The predicted molar refractivity (Wildman–Crippen MR) is 107 cm³/mol. The van der Waals surface area contributed by atoms with Gasteiger partial charge in [0.15, 0.2) is 0 Å². The minimum Gasteiger partial charge on any atom is -0.393 e. The number of aromatic amines is 1. The Morgan fingerprint density at radius 1 is 1.24 bits per heavy atom. The molecule has 0 aromatic carbocycles. The number of H-pyrrole nitrogens is 1. The number of hydrogen-bond acceptors (Lipinski definition) is 7. The molecule has 5 rings (SSSR count). The number of anilines is 1. The fourth-order valence-electron chi connectivity index (χ4n) is 4.10. The lowest BCUT2D eigenvalue weighted by Gasteiger charge is -2.35. The number of allylic oxidation sites excluding steroid dienone is 4. The number of nitrogens with zero attached hydrogens (tertiary/aromatic N) is 5. The third-order valence-electron chi connectivity index (χ3n) is 5.95. The van der Waals surface area contributed by atoms with Gasteiger partial charge in [-0.25, -0.2) is 14.4 Å². The van der Waals surface area contributed by atoms with Crippen LogP contribution in [0.25, 0.3) is 5.57 Å². The Kier molecular flexibility index (Phi) is 4.39. The van der Waals surface area contributed by atoms with Crippen LogP contribution < -0.4 is 10.3 Å². The first-order valence-corrected chi connectivity index (χ1v) is 9.76. The fourth-order valence-corrected chi connectivity index (χ4v) is 4.10. The van der Waals surface area contributed by atoms with Crippen molar-refractivity contribution in [3.8, 4) is 0 Å². The number of alkyl halides is 1. The minimum atomic E-state index is -1.48. The molecule has 1 saturated heterocycles. The van der Waals surface area contributed by atoms with Gasteiger partial charge in [-0.2, -0.15) is 10.2 Å². The number of piperidine rings is 1. The van der Waals surface area contributed by atoms with Crippen molar-refractivity contribution in [2.75, 3.05) is 24.6 Å². The van der Waals surface area contributed by atoms with Gasteiger partial charge in [-0.15, -0.1) is 0 Å². The molecule has 150 valence electrons. The Hall–Kier alpha value is -3.07.